The maximum atomic E-state index is 12.2. The minimum Gasteiger partial charge on any atom is -0.336 e. The van der Waals surface area contributed by atoms with E-state index in [1.54, 1.807) is 7.05 Å². The number of thioether (sulfide) groups is 2. The summed E-state index contributed by atoms with van der Waals surface area (Å²) in [4.78, 5) is 25.8. The minimum absolute atomic E-state index is 0.0132. The summed E-state index contributed by atoms with van der Waals surface area (Å²) < 4.78 is 1.63. The second-order valence-electron chi connectivity index (χ2n) is 5.39. The van der Waals surface area contributed by atoms with Crippen molar-refractivity contribution in [1.29, 1.82) is 0 Å². The van der Waals surface area contributed by atoms with E-state index in [2.05, 4.69) is 15.5 Å². The van der Waals surface area contributed by atoms with Gasteiger partial charge in [0.05, 0.1) is 12.3 Å². The van der Waals surface area contributed by atoms with Crippen LogP contribution in [0.4, 0.5) is 5.69 Å². The lowest BCUT2D eigenvalue weighted by Crippen LogP contribution is -2.36. The van der Waals surface area contributed by atoms with Crippen LogP contribution in [0.2, 0.25) is 0 Å². The molecule has 25 heavy (non-hydrogen) atoms. The van der Waals surface area contributed by atoms with E-state index in [9.17, 15) is 9.59 Å². The lowest BCUT2D eigenvalue weighted by atomic mass is 10.1. The molecule has 1 aromatic carbocycles. The monoisotopic (exact) mass is 396 g/mol. The van der Waals surface area contributed by atoms with Crippen molar-refractivity contribution >= 4 is 52.4 Å². The molecule has 2 amide bonds. The Hall–Kier alpha value is -1.58. The van der Waals surface area contributed by atoms with Gasteiger partial charge in [0.25, 0.3) is 0 Å². The van der Waals surface area contributed by atoms with Crippen molar-refractivity contribution in [3.63, 3.8) is 0 Å². The normalized spacial score (nSPS) is 10.6. The van der Waals surface area contributed by atoms with Crippen LogP contribution in [0.3, 0.4) is 0 Å². The number of hydrogen-bond donors (Lipinski definition) is 1. The van der Waals surface area contributed by atoms with Gasteiger partial charge in [0, 0.05) is 12.7 Å². The van der Waals surface area contributed by atoms with Gasteiger partial charge in [-0.1, -0.05) is 53.1 Å². The first kappa shape index (κ1) is 19.7. The highest BCUT2D eigenvalue weighted by Gasteiger charge is 2.16. The van der Waals surface area contributed by atoms with Crippen molar-refractivity contribution in [2.45, 2.75) is 22.5 Å². The lowest BCUT2D eigenvalue weighted by Gasteiger charge is -2.17. The standard InChI is InChI=1S/C16H20N4O2S3/c1-10-6-5-7-11(2)14(10)17-12(21)8-20(3)13(22)9-24-16-19-18-15(23-4)25-16/h5-7H,8-9H2,1-4H3,(H,17,21). The zero-order valence-electron chi connectivity index (χ0n) is 14.5. The van der Waals surface area contributed by atoms with Gasteiger partial charge in [0.1, 0.15) is 0 Å². The van der Waals surface area contributed by atoms with Crippen molar-refractivity contribution in [2.24, 2.45) is 0 Å². The van der Waals surface area contributed by atoms with Crippen LogP contribution in [0.5, 0.6) is 0 Å². The number of likely N-dealkylation sites (N-methyl/N-ethyl adjacent to an activating group) is 1. The number of benzene rings is 1. The molecule has 0 saturated heterocycles. The van der Waals surface area contributed by atoms with Gasteiger partial charge in [0.15, 0.2) is 8.68 Å². The molecule has 1 aromatic heterocycles. The van der Waals surface area contributed by atoms with Gasteiger partial charge in [-0.15, -0.1) is 10.2 Å². The smallest absolute Gasteiger partial charge is 0.243 e. The van der Waals surface area contributed by atoms with Crippen molar-refractivity contribution in [3.05, 3.63) is 29.3 Å². The van der Waals surface area contributed by atoms with Crippen LogP contribution in [-0.2, 0) is 9.59 Å². The van der Waals surface area contributed by atoms with E-state index in [0.29, 0.717) is 0 Å². The van der Waals surface area contributed by atoms with Gasteiger partial charge in [-0.2, -0.15) is 0 Å². The van der Waals surface area contributed by atoms with E-state index in [1.807, 2.05) is 38.3 Å². The largest absolute Gasteiger partial charge is 0.336 e. The van der Waals surface area contributed by atoms with Crippen LogP contribution in [0.15, 0.2) is 26.9 Å². The summed E-state index contributed by atoms with van der Waals surface area (Å²) >= 11 is 4.32. The highest BCUT2D eigenvalue weighted by atomic mass is 32.2. The molecule has 0 spiro atoms. The summed E-state index contributed by atoms with van der Waals surface area (Å²) in [5, 5.41) is 10.9. The molecule has 0 saturated carbocycles. The highest BCUT2D eigenvalue weighted by Crippen LogP contribution is 2.27. The van der Waals surface area contributed by atoms with E-state index in [0.717, 1.165) is 25.5 Å². The molecular formula is C16H20N4O2S3. The molecule has 0 bridgehead atoms. The van der Waals surface area contributed by atoms with Gasteiger partial charge in [-0.05, 0) is 31.2 Å². The van der Waals surface area contributed by atoms with E-state index in [-0.39, 0.29) is 24.1 Å². The number of carbonyl (C=O) groups is 2. The molecule has 0 aliphatic rings. The Bertz CT molecular complexity index is 743. The molecule has 0 unspecified atom stereocenters. The van der Waals surface area contributed by atoms with Crippen LogP contribution in [0.1, 0.15) is 11.1 Å². The number of para-hydroxylation sites is 1. The average molecular weight is 397 g/mol. The Labute approximate surface area is 159 Å². The van der Waals surface area contributed by atoms with Crippen molar-refractivity contribution in [1.82, 2.24) is 15.1 Å². The SMILES string of the molecule is CSc1nnc(SCC(=O)N(C)CC(=O)Nc2c(C)cccc2C)s1. The first-order valence-electron chi connectivity index (χ1n) is 7.51. The summed E-state index contributed by atoms with van der Waals surface area (Å²) in [5.41, 5.74) is 2.80. The fourth-order valence-corrected chi connectivity index (χ4v) is 4.44. The number of aryl methyl sites for hydroxylation is 2. The number of hydrogen-bond acceptors (Lipinski definition) is 7. The number of nitrogens with zero attached hydrogens (tertiary/aromatic N) is 3. The number of rotatable bonds is 7. The number of nitrogens with one attached hydrogen (secondary N) is 1. The average Bonchev–Trinajstić information content (AvgIpc) is 3.04. The zero-order valence-corrected chi connectivity index (χ0v) is 17.0. The van der Waals surface area contributed by atoms with Crippen LogP contribution in [0, 0.1) is 13.8 Å². The van der Waals surface area contributed by atoms with Crippen LogP contribution in [-0.4, -0.2) is 52.5 Å². The van der Waals surface area contributed by atoms with Gasteiger partial charge in [0.2, 0.25) is 11.8 Å². The van der Waals surface area contributed by atoms with Crippen LogP contribution in [0.25, 0.3) is 0 Å². The Morgan fingerprint density at radius 1 is 1.20 bits per heavy atom. The zero-order chi connectivity index (χ0) is 18.4. The maximum absolute atomic E-state index is 12.2. The van der Waals surface area contributed by atoms with E-state index < -0.39 is 0 Å². The van der Waals surface area contributed by atoms with E-state index in [4.69, 9.17) is 0 Å². The molecule has 134 valence electrons. The maximum Gasteiger partial charge on any atom is 0.243 e. The molecule has 0 aliphatic carbocycles. The van der Waals surface area contributed by atoms with Crippen molar-refractivity contribution in [2.75, 3.05) is 30.9 Å². The Kier molecular flexibility index (Phi) is 7.27. The van der Waals surface area contributed by atoms with Crippen molar-refractivity contribution < 1.29 is 9.59 Å². The van der Waals surface area contributed by atoms with Crippen molar-refractivity contribution in [3.8, 4) is 0 Å². The molecule has 2 aromatic rings. The molecule has 9 heteroatoms. The summed E-state index contributed by atoms with van der Waals surface area (Å²) in [5.74, 6) is -0.0997. The van der Waals surface area contributed by atoms with E-state index in [1.165, 1.54) is 39.8 Å². The van der Waals surface area contributed by atoms with Gasteiger partial charge >= 0.3 is 0 Å². The molecule has 6 nitrogen and oxygen atoms in total. The summed E-state index contributed by atoms with van der Waals surface area (Å²) in [7, 11) is 1.63. The van der Waals surface area contributed by atoms with Gasteiger partial charge < -0.3 is 10.2 Å². The lowest BCUT2D eigenvalue weighted by molar-refractivity contribution is -0.131. The third-order valence-corrected chi connectivity index (χ3v) is 6.45. The minimum atomic E-state index is -0.209. The van der Waals surface area contributed by atoms with Gasteiger partial charge in [-0.3, -0.25) is 9.59 Å². The molecule has 0 radical (unpaired) electrons. The van der Waals surface area contributed by atoms with Gasteiger partial charge in [-0.25, -0.2) is 0 Å². The Balaban J connectivity index is 1.84. The molecular weight excluding hydrogens is 376 g/mol. The number of carbonyl (C=O) groups excluding carboxylic acids is 2. The topological polar surface area (TPSA) is 75.2 Å². The predicted octanol–water partition coefficient (Wildman–Crippen LogP) is 3.07. The first-order valence-corrected chi connectivity index (χ1v) is 10.5. The Morgan fingerprint density at radius 3 is 2.44 bits per heavy atom. The van der Waals surface area contributed by atoms with Crippen LogP contribution < -0.4 is 5.32 Å². The third kappa shape index (κ3) is 5.72. The molecule has 0 atom stereocenters. The second-order valence-corrected chi connectivity index (χ2v) is 8.64. The fourth-order valence-electron chi connectivity index (χ4n) is 2.07. The molecule has 1 N–H and O–H groups in total. The molecule has 2 rings (SSSR count). The summed E-state index contributed by atoms with van der Waals surface area (Å²) in [6, 6.07) is 5.83. The molecule has 1 heterocycles. The highest BCUT2D eigenvalue weighted by molar-refractivity contribution is 8.03. The number of amides is 2. The Morgan fingerprint density at radius 2 is 1.84 bits per heavy atom. The summed E-state index contributed by atoms with van der Waals surface area (Å²) in [6.07, 6.45) is 1.93. The number of anilines is 1. The molecule has 0 aliphatic heterocycles. The quantitative estimate of drug-likeness (QED) is 0.725. The van der Waals surface area contributed by atoms with E-state index >= 15 is 0 Å². The predicted molar refractivity (Wildman–Crippen MR) is 105 cm³/mol. The second kappa shape index (κ2) is 9.21. The first-order chi connectivity index (χ1) is 11.9. The molecule has 0 fully saturated rings. The fraction of sp³-hybridized carbons (Fsp3) is 0.375. The number of aromatic nitrogens is 2. The summed E-state index contributed by atoms with van der Waals surface area (Å²) in [6.45, 7) is 3.90. The third-order valence-electron chi connectivity index (χ3n) is 3.43. The van der Waals surface area contributed by atoms with Crippen LogP contribution >= 0.6 is 34.9 Å².